The van der Waals surface area contributed by atoms with Gasteiger partial charge in [-0.1, -0.05) is 0 Å². The first-order valence-electron chi connectivity index (χ1n) is 4.19. The summed E-state index contributed by atoms with van der Waals surface area (Å²) in [6, 6.07) is 6.54. The van der Waals surface area contributed by atoms with Crippen LogP contribution in [-0.4, -0.2) is 16.0 Å². The van der Waals surface area contributed by atoms with Crippen molar-refractivity contribution in [1.29, 1.82) is 0 Å². The molecule has 1 radical (unpaired) electrons. The van der Waals surface area contributed by atoms with Crippen molar-refractivity contribution >= 4 is 20.5 Å². The molecule has 0 nitrogen and oxygen atoms in total. The van der Waals surface area contributed by atoms with E-state index >= 15 is 0 Å². The summed E-state index contributed by atoms with van der Waals surface area (Å²) in [5.41, 5.74) is 2.98. The summed E-state index contributed by atoms with van der Waals surface area (Å²) in [5.74, 6) is 0. The van der Waals surface area contributed by atoms with Crippen LogP contribution in [0.15, 0.2) is 18.2 Å². The van der Waals surface area contributed by atoms with Crippen LogP contribution in [0.5, 0.6) is 0 Å². The Morgan fingerprint density at radius 2 is 1.75 bits per heavy atom. The predicted octanol–water partition coefficient (Wildman–Crippen LogP) is 2.09. The van der Waals surface area contributed by atoms with Gasteiger partial charge in [0.25, 0.3) is 0 Å². The standard InChI is InChI=1S/C11H15Se/c1-8-5-6-10(12)9(7-8)11(2,3)4/h5-7H,1-4H3. The number of aryl methyl sites for hydroxylation is 1. The molecule has 0 amide bonds. The molecule has 0 heterocycles. The number of hydrogen-bond acceptors (Lipinski definition) is 0. The second-order valence-corrected chi connectivity index (χ2v) is 5.17. The Morgan fingerprint density at radius 1 is 1.17 bits per heavy atom. The van der Waals surface area contributed by atoms with Gasteiger partial charge in [0.05, 0.1) is 0 Å². The predicted molar refractivity (Wildman–Crippen MR) is 55.3 cm³/mol. The molecule has 0 saturated heterocycles. The fraction of sp³-hybridized carbons (Fsp3) is 0.455. The molecule has 0 aliphatic rings. The van der Waals surface area contributed by atoms with Gasteiger partial charge in [0, 0.05) is 0 Å². The van der Waals surface area contributed by atoms with E-state index in [0.717, 1.165) is 0 Å². The summed E-state index contributed by atoms with van der Waals surface area (Å²) in [7, 11) is 0. The van der Waals surface area contributed by atoms with Gasteiger partial charge < -0.3 is 0 Å². The summed E-state index contributed by atoms with van der Waals surface area (Å²) < 4.78 is 1.27. The zero-order valence-electron chi connectivity index (χ0n) is 8.14. The minimum atomic E-state index is 0.243. The number of hydrogen-bond donors (Lipinski definition) is 0. The van der Waals surface area contributed by atoms with Gasteiger partial charge in [0.1, 0.15) is 0 Å². The molecule has 1 aromatic rings. The molecular weight excluding hydrogens is 211 g/mol. The SMILES string of the molecule is Cc1ccc([Se])c(C(C)(C)C)c1. The summed E-state index contributed by atoms with van der Waals surface area (Å²) in [6.07, 6.45) is 0. The Morgan fingerprint density at radius 3 is 2.17 bits per heavy atom. The molecule has 0 aliphatic heterocycles. The molecule has 1 aromatic carbocycles. The minimum absolute atomic E-state index is 0.243. The first kappa shape index (κ1) is 9.82. The molecule has 0 bridgehead atoms. The summed E-state index contributed by atoms with van der Waals surface area (Å²) in [5, 5.41) is 0. The molecule has 0 saturated carbocycles. The third-order valence-corrected chi connectivity index (χ3v) is 2.69. The van der Waals surface area contributed by atoms with Crippen molar-refractivity contribution < 1.29 is 0 Å². The Labute approximate surface area is 83.2 Å². The van der Waals surface area contributed by atoms with Gasteiger partial charge in [-0.25, -0.2) is 0 Å². The molecular formula is C11H15Se. The van der Waals surface area contributed by atoms with Crippen molar-refractivity contribution in [2.45, 2.75) is 33.1 Å². The maximum atomic E-state index is 3.10. The second-order valence-electron chi connectivity index (χ2n) is 4.25. The molecule has 65 valence electrons. The normalized spacial score (nSPS) is 11.7. The molecule has 1 rings (SSSR count). The van der Waals surface area contributed by atoms with Crippen LogP contribution in [0.25, 0.3) is 0 Å². The van der Waals surface area contributed by atoms with Crippen LogP contribution in [0.4, 0.5) is 0 Å². The van der Waals surface area contributed by atoms with Crippen LogP contribution < -0.4 is 4.46 Å². The fourth-order valence-electron chi connectivity index (χ4n) is 1.23. The molecule has 0 atom stereocenters. The van der Waals surface area contributed by atoms with Crippen molar-refractivity contribution in [2.24, 2.45) is 0 Å². The fourth-order valence-corrected chi connectivity index (χ4v) is 2.14. The van der Waals surface area contributed by atoms with Gasteiger partial charge in [-0.15, -0.1) is 0 Å². The van der Waals surface area contributed by atoms with Crippen LogP contribution in [0.3, 0.4) is 0 Å². The maximum absolute atomic E-state index is 3.10. The van der Waals surface area contributed by atoms with Crippen molar-refractivity contribution in [2.75, 3.05) is 0 Å². The van der Waals surface area contributed by atoms with E-state index in [4.69, 9.17) is 0 Å². The van der Waals surface area contributed by atoms with Gasteiger partial charge in [-0.05, 0) is 0 Å². The quantitative estimate of drug-likeness (QED) is 0.594. The van der Waals surface area contributed by atoms with Crippen molar-refractivity contribution in [3.05, 3.63) is 29.3 Å². The zero-order valence-corrected chi connectivity index (χ0v) is 9.85. The van der Waals surface area contributed by atoms with Crippen molar-refractivity contribution in [3.63, 3.8) is 0 Å². The summed E-state index contributed by atoms with van der Waals surface area (Å²) in [4.78, 5) is 0. The van der Waals surface area contributed by atoms with Gasteiger partial charge in [0.15, 0.2) is 0 Å². The Balaban J connectivity index is 3.23. The molecule has 0 aliphatic carbocycles. The van der Waals surface area contributed by atoms with Crippen LogP contribution in [0, 0.1) is 6.92 Å². The van der Waals surface area contributed by atoms with E-state index in [1.165, 1.54) is 15.6 Å². The molecule has 1 heteroatoms. The average molecular weight is 226 g/mol. The van der Waals surface area contributed by atoms with E-state index in [2.05, 4.69) is 61.9 Å². The topological polar surface area (TPSA) is 0 Å². The third kappa shape index (κ3) is 2.12. The molecule has 0 spiro atoms. The molecule has 12 heavy (non-hydrogen) atoms. The number of rotatable bonds is 0. The van der Waals surface area contributed by atoms with Gasteiger partial charge >= 0.3 is 82.9 Å². The van der Waals surface area contributed by atoms with Crippen LogP contribution in [0.2, 0.25) is 0 Å². The molecule has 0 aromatic heterocycles. The molecule has 0 fully saturated rings. The number of benzene rings is 1. The van der Waals surface area contributed by atoms with Crippen molar-refractivity contribution in [1.82, 2.24) is 0 Å². The van der Waals surface area contributed by atoms with E-state index in [1.807, 2.05) is 0 Å². The summed E-state index contributed by atoms with van der Waals surface area (Å²) in [6.45, 7) is 8.85. The Bertz CT molecular complexity index is 282. The first-order valence-corrected chi connectivity index (χ1v) is 5.05. The second kappa shape index (κ2) is 3.24. The van der Waals surface area contributed by atoms with E-state index in [1.54, 1.807) is 0 Å². The van der Waals surface area contributed by atoms with E-state index < -0.39 is 0 Å². The van der Waals surface area contributed by atoms with Gasteiger partial charge in [-0.2, -0.15) is 0 Å². The first-order chi connectivity index (χ1) is 5.41. The molecule has 0 unspecified atom stereocenters. The Hall–Kier alpha value is -0.261. The van der Waals surface area contributed by atoms with Crippen LogP contribution in [0.1, 0.15) is 31.9 Å². The average Bonchev–Trinajstić information content (AvgIpc) is 1.92. The monoisotopic (exact) mass is 227 g/mol. The van der Waals surface area contributed by atoms with E-state index in [0.29, 0.717) is 0 Å². The summed E-state index contributed by atoms with van der Waals surface area (Å²) >= 11 is 3.10. The van der Waals surface area contributed by atoms with Crippen molar-refractivity contribution in [3.8, 4) is 0 Å². The van der Waals surface area contributed by atoms with Gasteiger partial charge in [-0.3, -0.25) is 0 Å². The van der Waals surface area contributed by atoms with E-state index in [-0.39, 0.29) is 5.41 Å². The van der Waals surface area contributed by atoms with Crippen LogP contribution >= 0.6 is 0 Å². The zero-order chi connectivity index (χ0) is 9.35. The third-order valence-electron chi connectivity index (χ3n) is 1.94. The molecule has 0 N–H and O–H groups in total. The van der Waals surface area contributed by atoms with Gasteiger partial charge in [0.2, 0.25) is 0 Å². The van der Waals surface area contributed by atoms with E-state index in [9.17, 15) is 0 Å². The van der Waals surface area contributed by atoms with Crippen LogP contribution in [-0.2, 0) is 5.41 Å². The Kier molecular flexibility index (Phi) is 2.65.